The van der Waals surface area contributed by atoms with Crippen molar-refractivity contribution in [1.82, 2.24) is 5.32 Å². The summed E-state index contributed by atoms with van der Waals surface area (Å²) in [7, 11) is 0. The van der Waals surface area contributed by atoms with E-state index in [1.54, 1.807) is 6.92 Å². The van der Waals surface area contributed by atoms with Gasteiger partial charge in [-0.05, 0) is 24.5 Å². The Morgan fingerprint density at radius 3 is 2.61 bits per heavy atom. The van der Waals surface area contributed by atoms with E-state index in [2.05, 4.69) is 21.2 Å². The SMILES string of the molecule is CCC(NC(=O)CCc1ccccc1Br)C(=O)O. The maximum atomic E-state index is 11.6. The number of amides is 1. The summed E-state index contributed by atoms with van der Waals surface area (Å²) in [6.45, 7) is 1.73. The van der Waals surface area contributed by atoms with E-state index in [0.29, 0.717) is 12.8 Å². The molecule has 0 aliphatic heterocycles. The lowest BCUT2D eigenvalue weighted by molar-refractivity contribution is -0.141. The highest BCUT2D eigenvalue weighted by Crippen LogP contribution is 2.17. The maximum Gasteiger partial charge on any atom is 0.326 e. The molecule has 0 spiro atoms. The van der Waals surface area contributed by atoms with Crippen LogP contribution in [0.1, 0.15) is 25.3 Å². The predicted octanol–water partition coefficient (Wildman–Crippen LogP) is 2.36. The number of halogens is 1. The molecule has 0 saturated heterocycles. The number of carbonyl (C=O) groups is 2. The maximum absolute atomic E-state index is 11.6. The molecule has 1 aromatic carbocycles. The van der Waals surface area contributed by atoms with Crippen molar-refractivity contribution in [2.45, 2.75) is 32.2 Å². The lowest BCUT2D eigenvalue weighted by atomic mass is 10.1. The molecule has 1 aromatic rings. The van der Waals surface area contributed by atoms with Crippen molar-refractivity contribution < 1.29 is 14.7 Å². The van der Waals surface area contributed by atoms with Crippen LogP contribution in [0.2, 0.25) is 0 Å². The third-order valence-corrected chi connectivity index (χ3v) is 3.39. The van der Waals surface area contributed by atoms with E-state index in [1.165, 1.54) is 0 Å². The normalized spacial score (nSPS) is 11.9. The fraction of sp³-hybridized carbons (Fsp3) is 0.385. The highest BCUT2D eigenvalue weighted by atomic mass is 79.9. The monoisotopic (exact) mass is 313 g/mol. The second kappa shape index (κ2) is 7.16. The van der Waals surface area contributed by atoms with Gasteiger partial charge in [0.15, 0.2) is 0 Å². The van der Waals surface area contributed by atoms with Crippen molar-refractivity contribution in [3.8, 4) is 0 Å². The van der Waals surface area contributed by atoms with Crippen molar-refractivity contribution in [3.05, 3.63) is 34.3 Å². The van der Waals surface area contributed by atoms with Crippen molar-refractivity contribution in [2.75, 3.05) is 0 Å². The molecule has 0 saturated carbocycles. The Bertz CT molecular complexity index is 434. The van der Waals surface area contributed by atoms with Crippen LogP contribution in [0.25, 0.3) is 0 Å². The number of nitrogens with one attached hydrogen (secondary N) is 1. The number of aliphatic carboxylic acids is 1. The summed E-state index contributed by atoms with van der Waals surface area (Å²) in [5.41, 5.74) is 1.04. The van der Waals surface area contributed by atoms with E-state index < -0.39 is 12.0 Å². The van der Waals surface area contributed by atoms with E-state index in [0.717, 1.165) is 10.0 Å². The van der Waals surface area contributed by atoms with Gasteiger partial charge in [-0.25, -0.2) is 4.79 Å². The summed E-state index contributed by atoms with van der Waals surface area (Å²) in [6.07, 6.45) is 1.26. The van der Waals surface area contributed by atoms with E-state index >= 15 is 0 Å². The topological polar surface area (TPSA) is 66.4 Å². The Labute approximate surface area is 115 Å². The number of hydrogen-bond acceptors (Lipinski definition) is 2. The Morgan fingerprint density at radius 2 is 2.06 bits per heavy atom. The van der Waals surface area contributed by atoms with E-state index in [4.69, 9.17) is 5.11 Å². The highest BCUT2D eigenvalue weighted by Gasteiger charge is 2.17. The molecule has 18 heavy (non-hydrogen) atoms. The summed E-state index contributed by atoms with van der Waals surface area (Å²) in [6, 6.07) is 6.87. The average molecular weight is 314 g/mol. The average Bonchev–Trinajstić information content (AvgIpc) is 2.34. The summed E-state index contributed by atoms with van der Waals surface area (Å²) in [5, 5.41) is 11.3. The van der Waals surface area contributed by atoms with Crippen molar-refractivity contribution in [1.29, 1.82) is 0 Å². The molecule has 1 unspecified atom stereocenters. The number of carbonyl (C=O) groups excluding carboxylic acids is 1. The molecule has 0 aliphatic carbocycles. The van der Waals surface area contributed by atoms with Gasteiger partial charge in [0.1, 0.15) is 6.04 Å². The van der Waals surface area contributed by atoms with Gasteiger partial charge < -0.3 is 10.4 Å². The molecular weight excluding hydrogens is 298 g/mol. The molecule has 5 heteroatoms. The quantitative estimate of drug-likeness (QED) is 0.847. The molecule has 0 aliphatic rings. The van der Waals surface area contributed by atoms with Gasteiger partial charge in [0.05, 0.1) is 0 Å². The number of rotatable bonds is 6. The minimum Gasteiger partial charge on any atom is -0.480 e. The van der Waals surface area contributed by atoms with Gasteiger partial charge >= 0.3 is 5.97 Å². The van der Waals surface area contributed by atoms with Gasteiger partial charge in [-0.2, -0.15) is 0 Å². The van der Waals surface area contributed by atoms with Crippen LogP contribution in [0.5, 0.6) is 0 Å². The van der Waals surface area contributed by atoms with Crippen molar-refractivity contribution in [2.24, 2.45) is 0 Å². The molecule has 0 radical (unpaired) electrons. The van der Waals surface area contributed by atoms with Crippen LogP contribution in [0.3, 0.4) is 0 Å². The molecule has 0 bridgehead atoms. The van der Waals surface area contributed by atoms with Crippen LogP contribution in [0, 0.1) is 0 Å². The molecule has 2 N–H and O–H groups in total. The van der Waals surface area contributed by atoms with Crippen LogP contribution >= 0.6 is 15.9 Å². The van der Waals surface area contributed by atoms with E-state index in [-0.39, 0.29) is 12.3 Å². The summed E-state index contributed by atoms with van der Waals surface area (Å²) < 4.78 is 0.961. The molecule has 1 atom stereocenters. The minimum absolute atomic E-state index is 0.236. The molecule has 4 nitrogen and oxygen atoms in total. The molecule has 0 fully saturated rings. The van der Waals surface area contributed by atoms with Gasteiger partial charge in [0, 0.05) is 10.9 Å². The fourth-order valence-electron chi connectivity index (χ4n) is 1.55. The number of aryl methyl sites for hydroxylation is 1. The summed E-state index contributed by atoms with van der Waals surface area (Å²) in [4.78, 5) is 22.4. The molecule has 0 aromatic heterocycles. The first kappa shape index (κ1) is 14.7. The van der Waals surface area contributed by atoms with Crippen LogP contribution < -0.4 is 5.32 Å². The van der Waals surface area contributed by atoms with Crippen molar-refractivity contribution >= 4 is 27.8 Å². The van der Waals surface area contributed by atoms with E-state index in [1.807, 2.05) is 24.3 Å². The second-order valence-corrected chi connectivity index (χ2v) is 4.81. The number of carboxylic acid groups (broad SMARTS) is 1. The van der Waals surface area contributed by atoms with Gasteiger partial charge in [-0.1, -0.05) is 41.1 Å². The van der Waals surface area contributed by atoms with Gasteiger partial charge in [0.2, 0.25) is 5.91 Å². The summed E-state index contributed by atoms with van der Waals surface area (Å²) in [5.74, 6) is -1.23. The zero-order valence-electron chi connectivity index (χ0n) is 10.1. The Hall–Kier alpha value is -1.36. The van der Waals surface area contributed by atoms with Crippen LogP contribution in [-0.4, -0.2) is 23.0 Å². The summed E-state index contributed by atoms with van der Waals surface area (Å²) >= 11 is 3.41. The van der Waals surface area contributed by atoms with E-state index in [9.17, 15) is 9.59 Å². The largest absolute Gasteiger partial charge is 0.480 e. The lowest BCUT2D eigenvalue weighted by Gasteiger charge is -2.12. The number of carboxylic acids is 1. The standard InChI is InChI=1S/C13H16BrNO3/c1-2-11(13(17)18)15-12(16)8-7-9-5-3-4-6-10(9)14/h3-6,11H,2,7-8H2,1H3,(H,15,16)(H,17,18). The fourth-order valence-corrected chi connectivity index (χ4v) is 2.04. The van der Waals surface area contributed by atoms with Gasteiger partial charge in [-0.15, -0.1) is 0 Å². The molecule has 1 amide bonds. The zero-order valence-corrected chi connectivity index (χ0v) is 11.7. The molecule has 98 valence electrons. The second-order valence-electron chi connectivity index (χ2n) is 3.96. The van der Waals surface area contributed by atoms with Crippen LogP contribution in [-0.2, 0) is 16.0 Å². The smallest absolute Gasteiger partial charge is 0.326 e. The third-order valence-electron chi connectivity index (χ3n) is 2.62. The molecule has 0 heterocycles. The Balaban J connectivity index is 2.47. The van der Waals surface area contributed by atoms with Crippen molar-refractivity contribution in [3.63, 3.8) is 0 Å². The first-order valence-electron chi connectivity index (χ1n) is 5.80. The Morgan fingerprint density at radius 1 is 1.39 bits per heavy atom. The number of hydrogen-bond donors (Lipinski definition) is 2. The zero-order chi connectivity index (χ0) is 13.5. The van der Waals surface area contributed by atoms with Crippen LogP contribution in [0.4, 0.5) is 0 Å². The first-order chi connectivity index (χ1) is 8.54. The van der Waals surface area contributed by atoms with Crippen LogP contribution in [0.15, 0.2) is 28.7 Å². The van der Waals surface area contributed by atoms with Gasteiger partial charge in [0.25, 0.3) is 0 Å². The number of benzene rings is 1. The lowest BCUT2D eigenvalue weighted by Crippen LogP contribution is -2.40. The predicted molar refractivity (Wildman–Crippen MR) is 72.3 cm³/mol. The highest BCUT2D eigenvalue weighted by molar-refractivity contribution is 9.10. The Kier molecular flexibility index (Phi) is 5.85. The molecular formula is C13H16BrNO3. The van der Waals surface area contributed by atoms with Gasteiger partial charge in [-0.3, -0.25) is 4.79 Å². The minimum atomic E-state index is -0.994. The third kappa shape index (κ3) is 4.49. The molecule has 1 rings (SSSR count). The first-order valence-corrected chi connectivity index (χ1v) is 6.59.